The number of hydrogen-bond donors (Lipinski definition) is 1. The zero-order chi connectivity index (χ0) is 12.5. The Bertz CT molecular complexity index is 429. The smallest absolute Gasteiger partial charge is 0.126 e. The molecule has 2 aliphatic rings. The van der Waals surface area contributed by atoms with Crippen LogP contribution in [0.5, 0.6) is 0 Å². The van der Waals surface area contributed by atoms with Gasteiger partial charge in [0, 0.05) is 18.7 Å². The lowest BCUT2D eigenvalue weighted by Crippen LogP contribution is -2.46. The summed E-state index contributed by atoms with van der Waals surface area (Å²) in [5.41, 5.74) is 2.07. The second kappa shape index (κ2) is 4.98. The third kappa shape index (κ3) is 2.17. The molecular weight excluding hydrogens is 229 g/mol. The molecule has 0 spiro atoms. The van der Waals surface area contributed by atoms with Crippen LogP contribution in [-0.2, 0) is 11.2 Å². The molecule has 2 aliphatic carbocycles. The van der Waals surface area contributed by atoms with Crippen LogP contribution in [0, 0.1) is 5.82 Å². The highest BCUT2D eigenvalue weighted by molar-refractivity contribution is 5.35. The Morgan fingerprint density at radius 3 is 3.00 bits per heavy atom. The van der Waals surface area contributed by atoms with E-state index in [4.69, 9.17) is 4.74 Å². The van der Waals surface area contributed by atoms with E-state index in [1.165, 1.54) is 0 Å². The largest absolute Gasteiger partial charge is 0.378 e. The standard InChI is InChI=1S/C15H20FNO/c1-2-18-11-8-10(9-11)17-15-7-6-12-13(15)4-3-5-14(12)16/h3-5,10-11,15,17H,2,6-9H2,1H3. The fraction of sp³-hybridized carbons (Fsp3) is 0.600. The molecule has 0 aromatic heterocycles. The fourth-order valence-corrected chi connectivity index (χ4v) is 3.14. The summed E-state index contributed by atoms with van der Waals surface area (Å²) in [5.74, 6) is -0.0439. The van der Waals surface area contributed by atoms with E-state index in [1.807, 2.05) is 13.0 Å². The number of fused-ring (bicyclic) bond motifs is 1. The van der Waals surface area contributed by atoms with Gasteiger partial charge in [0.2, 0.25) is 0 Å². The normalized spacial score (nSPS) is 30.0. The monoisotopic (exact) mass is 249 g/mol. The highest BCUT2D eigenvalue weighted by atomic mass is 19.1. The van der Waals surface area contributed by atoms with Gasteiger partial charge in [-0.15, -0.1) is 0 Å². The first-order valence-corrected chi connectivity index (χ1v) is 6.93. The predicted molar refractivity (Wildman–Crippen MR) is 69.0 cm³/mol. The fourth-order valence-electron chi connectivity index (χ4n) is 3.14. The van der Waals surface area contributed by atoms with Crippen LogP contribution in [0.2, 0.25) is 0 Å². The van der Waals surface area contributed by atoms with Crippen molar-refractivity contribution in [1.29, 1.82) is 0 Å². The van der Waals surface area contributed by atoms with E-state index >= 15 is 0 Å². The van der Waals surface area contributed by atoms with Crippen LogP contribution in [0.3, 0.4) is 0 Å². The lowest BCUT2D eigenvalue weighted by atomic mass is 9.88. The minimum atomic E-state index is -0.0439. The molecule has 0 amide bonds. The van der Waals surface area contributed by atoms with Crippen molar-refractivity contribution in [2.45, 2.75) is 50.8 Å². The quantitative estimate of drug-likeness (QED) is 0.885. The molecule has 2 nitrogen and oxygen atoms in total. The Hall–Kier alpha value is -0.930. The summed E-state index contributed by atoms with van der Waals surface area (Å²) in [7, 11) is 0. The molecule has 0 saturated heterocycles. The minimum Gasteiger partial charge on any atom is -0.378 e. The summed E-state index contributed by atoms with van der Waals surface area (Å²) >= 11 is 0. The van der Waals surface area contributed by atoms with Gasteiger partial charge in [0.05, 0.1) is 6.10 Å². The Morgan fingerprint density at radius 2 is 2.22 bits per heavy atom. The van der Waals surface area contributed by atoms with Crippen LogP contribution in [0.15, 0.2) is 18.2 Å². The topological polar surface area (TPSA) is 21.3 Å². The number of ether oxygens (including phenoxy) is 1. The van der Waals surface area contributed by atoms with Crippen LogP contribution in [0.4, 0.5) is 4.39 Å². The second-order valence-corrected chi connectivity index (χ2v) is 5.31. The highest BCUT2D eigenvalue weighted by Crippen LogP contribution is 2.35. The zero-order valence-electron chi connectivity index (χ0n) is 10.8. The third-order valence-electron chi connectivity index (χ3n) is 4.15. The van der Waals surface area contributed by atoms with E-state index in [2.05, 4.69) is 11.4 Å². The van der Waals surface area contributed by atoms with E-state index in [1.54, 1.807) is 6.07 Å². The molecule has 0 aliphatic heterocycles. The SMILES string of the molecule is CCOC1CC(NC2CCc3c(F)cccc32)C1. The van der Waals surface area contributed by atoms with E-state index in [9.17, 15) is 4.39 Å². The highest BCUT2D eigenvalue weighted by Gasteiger charge is 2.33. The van der Waals surface area contributed by atoms with Gasteiger partial charge in [-0.2, -0.15) is 0 Å². The number of rotatable bonds is 4. The molecule has 1 fully saturated rings. The molecule has 1 saturated carbocycles. The van der Waals surface area contributed by atoms with Crippen LogP contribution in [-0.4, -0.2) is 18.8 Å². The molecule has 0 radical (unpaired) electrons. The Labute approximate surface area is 108 Å². The molecule has 98 valence electrons. The summed E-state index contributed by atoms with van der Waals surface area (Å²) in [6.45, 7) is 2.84. The van der Waals surface area contributed by atoms with Crippen molar-refractivity contribution in [3.63, 3.8) is 0 Å². The molecule has 1 atom stereocenters. The molecule has 3 rings (SSSR count). The Morgan fingerprint density at radius 1 is 1.39 bits per heavy atom. The molecule has 1 N–H and O–H groups in total. The summed E-state index contributed by atoms with van der Waals surface area (Å²) in [5, 5.41) is 3.64. The van der Waals surface area contributed by atoms with E-state index in [-0.39, 0.29) is 5.82 Å². The first kappa shape index (κ1) is 12.1. The minimum absolute atomic E-state index is 0.0439. The molecule has 1 aromatic rings. The van der Waals surface area contributed by atoms with Gasteiger partial charge in [-0.25, -0.2) is 4.39 Å². The van der Waals surface area contributed by atoms with Gasteiger partial charge in [0.25, 0.3) is 0 Å². The molecule has 1 unspecified atom stereocenters. The van der Waals surface area contributed by atoms with Gasteiger partial charge in [0.1, 0.15) is 5.82 Å². The molecule has 18 heavy (non-hydrogen) atoms. The van der Waals surface area contributed by atoms with E-state index in [0.717, 1.165) is 43.4 Å². The third-order valence-corrected chi connectivity index (χ3v) is 4.15. The van der Waals surface area contributed by atoms with Crippen LogP contribution >= 0.6 is 0 Å². The maximum Gasteiger partial charge on any atom is 0.126 e. The van der Waals surface area contributed by atoms with Gasteiger partial charge >= 0.3 is 0 Å². The lowest BCUT2D eigenvalue weighted by Gasteiger charge is -2.37. The predicted octanol–water partition coefficient (Wildman–Crippen LogP) is 2.97. The average molecular weight is 249 g/mol. The second-order valence-electron chi connectivity index (χ2n) is 5.31. The number of halogens is 1. The first-order chi connectivity index (χ1) is 8.78. The zero-order valence-corrected chi connectivity index (χ0v) is 10.8. The van der Waals surface area contributed by atoms with Gasteiger partial charge in [-0.05, 0) is 49.8 Å². The van der Waals surface area contributed by atoms with Crippen molar-refractivity contribution in [1.82, 2.24) is 5.32 Å². The van der Waals surface area contributed by atoms with Crippen molar-refractivity contribution >= 4 is 0 Å². The maximum atomic E-state index is 13.6. The van der Waals surface area contributed by atoms with Crippen molar-refractivity contribution in [2.75, 3.05) is 6.61 Å². The maximum absolute atomic E-state index is 13.6. The number of benzene rings is 1. The van der Waals surface area contributed by atoms with Crippen LogP contribution in [0.1, 0.15) is 43.4 Å². The Balaban J connectivity index is 1.59. The number of nitrogens with one attached hydrogen (secondary N) is 1. The first-order valence-electron chi connectivity index (χ1n) is 6.93. The van der Waals surface area contributed by atoms with Gasteiger partial charge in [-0.1, -0.05) is 12.1 Å². The molecule has 1 aromatic carbocycles. The lowest BCUT2D eigenvalue weighted by molar-refractivity contribution is -0.0124. The van der Waals surface area contributed by atoms with E-state index in [0.29, 0.717) is 18.2 Å². The van der Waals surface area contributed by atoms with Gasteiger partial charge in [-0.3, -0.25) is 0 Å². The van der Waals surface area contributed by atoms with Crippen molar-refractivity contribution in [2.24, 2.45) is 0 Å². The van der Waals surface area contributed by atoms with Crippen molar-refractivity contribution in [3.8, 4) is 0 Å². The summed E-state index contributed by atoms with van der Waals surface area (Å²) in [6, 6.07) is 6.32. The summed E-state index contributed by atoms with van der Waals surface area (Å²) < 4.78 is 19.2. The van der Waals surface area contributed by atoms with Crippen molar-refractivity contribution in [3.05, 3.63) is 35.1 Å². The van der Waals surface area contributed by atoms with Gasteiger partial charge in [0.15, 0.2) is 0 Å². The molecule has 0 heterocycles. The molecule has 0 bridgehead atoms. The Kier molecular flexibility index (Phi) is 3.35. The summed E-state index contributed by atoms with van der Waals surface area (Å²) in [6.07, 6.45) is 4.50. The summed E-state index contributed by atoms with van der Waals surface area (Å²) in [4.78, 5) is 0. The van der Waals surface area contributed by atoms with E-state index < -0.39 is 0 Å². The molecular formula is C15H20FNO. The molecule has 3 heteroatoms. The van der Waals surface area contributed by atoms with Crippen LogP contribution in [0.25, 0.3) is 0 Å². The van der Waals surface area contributed by atoms with Crippen LogP contribution < -0.4 is 5.32 Å². The average Bonchev–Trinajstić information content (AvgIpc) is 2.71. The van der Waals surface area contributed by atoms with Gasteiger partial charge < -0.3 is 10.1 Å². The van der Waals surface area contributed by atoms with Crippen molar-refractivity contribution < 1.29 is 9.13 Å². The number of hydrogen-bond acceptors (Lipinski definition) is 2.